The van der Waals surface area contributed by atoms with E-state index in [1.165, 1.54) is 5.56 Å². The molecule has 0 saturated carbocycles. The number of ether oxygens (including phenoxy) is 1. The standard InChI is InChI=1S/C24H25N5O2S/c1-17-7-6-10-20(15-17)29-23(28-11-13-30-14-12-28)26-27-24(29)32-16-21-18(2)31-22(25-21)19-8-4-3-5-9-19/h3-10,15H,11-14,16H2,1-2H3. The summed E-state index contributed by atoms with van der Waals surface area (Å²) in [6, 6.07) is 18.4. The number of nitrogens with zero attached hydrogens (tertiary/aromatic N) is 5. The Morgan fingerprint density at radius 2 is 1.78 bits per heavy atom. The minimum atomic E-state index is 0.646. The van der Waals surface area contributed by atoms with Crippen LogP contribution in [0.15, 0.2) is 64.2 Å². The first kappa shape index (κ1) is 20.8. The summed E-state index contributed by atoms with van der Waals surface area (Å²) in [4.78, 5) is 6.97. The van der Waals surface area contributed by atoms with Crippen molar-refractivity contribution in [3.8, 4) is 17.1 Å². The summed E-state index contributed by atoms with van der Waals surface area (Å²) in [6.07, 6.45) is 0. The molecule has 0 atom stereocenters. The van der Waals surface area contributed by atoms with Crippen LogP contribution in [0.25, 0.3) is 17.1 Å². The fourth-order valence-corrected chi connectivity index (χ4v) is 4.66. The molecule has 164 valence electrons. The van der Waals surface area contributed by atoms with Gasteiger partial charge in [-0.15, -0.1) is 10.2 Å². The smallest absolute Gasteiger partial charge is 0.232 e. The van der Waals surface area contributed by atoms with Gasteiger partial charge in [-0.25, -0.2) is 4.98 Å². The monoisotopic (exact) mass is 447 g/mol. The predicted molar refractivity (Wildman–Crippen MR) is 125 cm³/mol. The van der Waals surface area contributed by atoms with E-state index in [-0.39, 0.29) is 0 Å². The minimum Gasteiger partial charge on any atom is -0.441 e. The Morgan fingerprint density at radius 3 is 2.56 bits per heavy atom. The van der Waals surface area contributed by atoms with Gasteiger partial charge in [-0.3, -0.25) is 4.57 Å². The van der Waals surface area contributed by atoms with E-state index in [1.807, 2.05) is 37.3 Å². The van der Waals surface area contributed by atoms with Crippen molar-refractivity contribution >= 4 is 17.7 Å². The van der Waals surface area contributed by atoms with Crippen LogP contribution >= 0.6 is 11.8 Å². The van der Waals surface area contributed by atoms with Crippen molar-refractivity contribution in [2.75, 3.05) is 31.2 Å². The third-order valence-corrected chi connectivity index (χ3v) is 6.36. The zero-order valence-electron chi connectivity index (χ0n) is 18.2. The largest absolute Gasteiger partial charge is 0.441 e. The van der Waals surface area contributed by atoms with E-state index >= 15 is 0 Å². The van der Waals surface area contributed by atoms with Crippen molar-refractivity contribution in [3.63, 3.8) is 0 Å². The van der Waals surface area contributed by atoms with Crippen LogP contribution in [-0.2, 0) is 10.5 Å². The zero-order chi connectivity index (χ0) is 21.9. The number of oxazole rings is 1. The Hall–Kier alpha value is -3.10. The minimum absolute atomic E-state index is 0.646. The first-order chi connectivity index (χ1) is 15.7. The van der Waals surface area contributed by atoms with Crippen LogP contribution in [0.1, 0.15) is 17.0 Å². The van der Waals surface area contributed by atoms with E-state index in [0.29, 0.717) is 24.9 Å². The van der Waals surface area contributed by atoms with Crippen LogP contribution < -0.4 is 4.90 Å². The SMILES string of the molecule is Cc1cccc(-n2c(SCc3nc(-c4ccccc4)oc3C)nnc2N2CCOCC2)c1. The molecule has 2 aromatic heterocycles. The Bertz CT molecular complexity index is 1200. The molecular formula is C24H25N5O2S. The summed E-state index contributed by atoms with van der Waals surface area (Å²) >= 11 is 1.62. The van der Waals surface area contributed by atoms with E-state index in [1.54, 1.807) is 11.8 Å². The highest BCUT2D eigenvalue weighted by Crippen LogP contribution is 2.31. The average molecular weight is 448 g/mol. The van der Waals surface area contributed by atoms with Gasteiger partial charge in [-0.05, 0) is 43.7 Å². The molecule has 4 aromatic rings. The van der Waals surface area contributed by atoms with Gasteiger partial charge in [0.1, 0.15) is 5.76 Å². The lowest BCUT2D eigenvalue weighted by atomic mass is 10.2. The third kappa shape index (κ3) is 4.28. The van der Waals surface area contributed by atoms with Crippen molar-refractivity contribution in [1.29, 1.82) is 0 Å². The van der Waals surface area contributed by atoms with Crippen molar-refractivity contribution in [2.45, 2.75) is 24.8 Å². The Kier molecular flexibility index (Phi) is 5.96. The van der Waals surface area contributed by atoms with Gasteiger partial charge in [0.25, 0.3) is 0 Å². The number of morpholine rings is 1. The Labute approximate surface area is 191 Å². The highest BCUT2D eigenvalue weighted by Gasteiger charge is 2.22. The van der Waals surface area contributed by atoms with Crippen LogP contribution in [0.4, 0.5) is 5.95 Å². The molecule has 1 saturated heterocycles. The van der Waals surface area contributed by atoms with Crippen molar-refractivity contribution < 1.29 is 9.15 Å². The maximum atomic E-state index is 5.93. The van der Waals surface area contributed by atoms with Crippen LogP contribution in [0, 0.1) is 13.8 Å². The van der Waals surface area contributed by atoms with Gasteiger partial charge in [0.2, 0.25) is 11.8 Å². The number of thioether (sulfide) groups is 1. The van der Waals surface area contributed by atoms with Gasteiger partial charge in [-0.1, -0.05) is 42.1 Å². The van der Waals surface area contributed by atoms with Crippen molar-refractivity contribution in [1.82, 2.24) is 19.7 Å². The van der Waals surface area contributed by atoms with Gasteiger partial charge in [-0.2, -0.15) is 0 Å². The van der Waals surface area contributed by atoms with Gasteiger partial charge in [0.15, 0.2) is 5.16 Å². The molecule has 1 aliphatic heterocycles. The molecule has 5 rings (SSSR count). The number of aromatic nitrogens is 4. The lowest BCUT2D eigenvalue weighted by Gasteiger charge is -2.28. The second-order valence-electron chi connectivity index (χ2n) is 7.73. The zero-order valence-corrected chi connectivity index (χ0v) is 19.0. The quantitative estimate of drug-likeness (QED) is 0.398. The van der Waals surface area contributed by atoms with E-state index in [0.717, 1.165) is 46.9 Å². The second kappa shape index (κ2) is 9.18. The second-order valence-corrected chi connectivity index (χ2v) is 8.68. The number of rotatable bonds is 6. The summed E-state index contributed by atoms with van der Waals surface area (Å²) in [6.45, 7) is 7.06. The molecule has 7 nitrogen and oxygen atoms in total. The van der Waals surface area contributed by atoms with E-state index < -0.39 is 0 Å². The van der Waals surface area contributed by atoms with Gasteiger partial charge in [0.05, 0.1) is 24.6 Å². The molecule has 0 spiro atoms. The van der Waals surface area contributed by atoms with Crippen LogP contribution in [0.5, 0.6) is 0 Å². The molecule has 8 heteroatoms. The molecule has 0 unspecified atom stereocenters. The molecular weight excluding hydrogens is 422 g/mol. The molecule has 0 amide bonds. The number of anilines is 1. The number of aryl methyl sites for hydroxylation is 2. The number of benzene rings is 2. The van der Waals surface area contributed by atoms with Crippen molar-refractivity contribution in [3.05, 3.63) is 71.6 Å². The lowest BCUT2D eigenvalue weighted by molar-refractivity contribution is 0.122. The van der Waals surface area contributed by atoms with E-state index in [4.69, 9.17) is 14.1 Å². The lowest BCUT2D eigenvalue weighted by Crippen LogP contribution is -2.37. The predicted octanol–water partition coefficient (Wildman–Crippen LogP) is 4.67. The highest BCUT2D eigenvalue weighted by atomic mass is 32.2. The average Bonchev–Trinajstić information content (AvgIpc) is 3.42. The molecule has 2 aromatic carbocycles. The molecule has 3 heterocycles. The molecule has 0 N–H and O–H groups in total. The van der Waals surface area contributed by atoms with Crippen molar-refractivity contribution in [2.24, 2.45) is 0 Å². The Morgan fingerprint density at radius 1 is 0.969 bits per heavy atom. The first-order valence-electron chi connectivity index (χ1n) is 10.7. The topological polar surface area (TPSA) is 69.2 Å². The fourth-order valence-electron chi connectivity index (χ4n) is 3.72. The molecule has 0 bridgehead atoms. The normalized spacial score (nSPS) is 14.1. The number of hydrogen-bond donors (Lipinski definition) is 0. The summed E-state index contributed by atoms with van der Waals surface area (Å²) in [5, 5.41) is 9.93. The van der Waals surface area contributed by atoms with Crippen LogP contribution in [0.2, 0.25) is 0 Å². The summed E-state index contributed by atoms with van der Waals surface area (Å²) in [5.41, 5.74) is 4.14. The first-order valence-corrected chi connectivity index (χ1v) is 11.7. The highest BCUT2D eigenvalue weighted by molar-refractivity contribution is 7.98. The molecule has 1 fully saturated rings. The molecule has 0 aliphatic carbocycles. The third-order valence-electron chi connectivity index (χ3n) is 5.42. The van der Waals surface area contributed by atoms with Gasteiger partial charge >= 0.3 is 0 Å². The fraction of sp³-hybridized carbons (Fsp3) is 0.292. The molecule has 1 aliphatic rings. The maximum absolute atomic E-state index is 5.93. The van der Waals surface area contributed by atoms with E-state index in [2.05, 4.69) is 50.9 Å². The Balaban J connectivity index is 1.44. The van der Waals surface area contributed by atoms with Crippen LogP contribution in [0.3, 0.4) is 0 Å². The van der Waals surface area contributed by atoms with Gasteiger partial charge in [0, 0.05) is 24.4 Å². The number of hydrogen-bond acceptors (Lipinski definition) is 7. The van der Waals surface area contributed by atoms with E-state index in [9.17, 15) is 0 Å². The summed E-state index contributed by atoms with van der Waals surface area (Å²) < 4.78 is 13.6. The molecule has 0 radical (unpaired) electrons. The summed E-state index contributed by atoms with van der Waals surface area (Å²) in [5.74, 6) is 2.97. The summed E-state index contributed by atoms with van der Waals surface area (Å²) in [7, 11) is 0. The van der Waals surface area contributed by atoms with Gasteiger partial charge < -0.3 is 14.1 Å². The molecule has 32 heavy (non-hydrogen) atoms. The van der Waals surface area contributed by atoms with Crippen LogP contribution in [-0.4, -0.2) is 46.1 Å². The maximum Gasteiger partial charge on any atom is 0.232 e.